The maximum absolute atomic E-state index is 8.75. The van der Waals surface area contributed by atoms with Crippen LogP contribution in [0.2, 0.25) is 0 Å². The number of pyridine rings is 1. The summed E-state index contributed by atoms with van der Waals surface area (Å²) in [5, 5.41) is 9.68. The summed E-state index contributed by atoms with van der Waals surface area (Å²) in [6, 6.07) is 9.54. The summed E-state index contributed by atoms with van der Waals surface area (Å²) in [7, 11) is 0. The first-order valence-electron chi connectivity index (χ1n) is 4.76. The Hall–Kier alpha value is -2.08. The topological polar surface area (TPSA) is 45.9 Å². The number of ether oxygens (including phenoxy) is 1. The summed E-state index contributed by atoms with van der Waals surface area (Å²) < 4.78 is 5.38. The highest BCUT2D eigenvalue weighted by Crippen LogP contribution is 2.19. The number of nitrogens with zero attached hydrogens (tertiary/aromatic N) is 2. The van der Waals surface area contributed by atoms with E-state index in [-0.39, 0.29) is 0 Å². The molecule has 0 saturated carbocycles. The van der Waals surface area contributed by atoms with Crippen molar-refractivity contribution in [3.8, 4) is 11.8 Å². The van der Waals surface area contributed by atoms with Gasteiger partial charge in [0.1, 0.15) is 11.8 Å². The molecule has 2 aromatic rings. The van der Waals surface area contributed by atoms with Gasteiger partial charge in [0.05, 0.1) is 17.7 Å². The molecule has 1 heterocycles. The van der Waals surface area contributed by atoms with Crippen LogP contribution >= 0.6 is 0 Å². The molecule has 0 N–H and O–H groups in total. The van der Waals surface area contributed by atoms with Crippen molar-refractivity contribution in [2.45, 2.75) is 6.92 Å². The van der Waals surface area contributed by atoms with E-state index in [9.17, 15) is 0 Å². The van der Waals surface area contributed by atoms with Crippen LogP contribution in [0.1, 0.15) is 12.5 Å². The highest BCUT2D eigenvalue weighted by Gasteiger charge is 1.99. The van der Waals surface area contributed by atoms with Gasteiger partial charge in [-0.25, -0.2) is 0 Å². The molecule has 1 aromatic heterocycles. The van der Waals surface area contributed by atoms with Crippen LogP contribution in [0.15, 0.2) is 30.5 Å². The molecular weight excluding hydrogens is 188 g/mol. The van der Waals surface area contributed by atoms with Crippen LogP contribution in [0.5, 0.6) is 5.75 Å². The molecule has 3 nitrogen and oxygen atoms in total. The van der Waals surface area contributed by atoms with E-state index in [0.717, 1.165) is 16.7 Å². The van der Waals surface area contributed by atoms with E-state index >= 15 is 0 Å². The van der Waals surface area contributed by atoms with Crippen LogP contribution in [0.4, 0.5) is 0 Å². The molecule has 0 aliphatic carbocycles. The highest BCUT2D eigenvalue weighted by atomic mass is 16.5. The zero-order valence-electron chi connectivity index (χ0n) is 8.40. The zero-order valence-corrected chi connectivity index (χ0v) is 8.40. The van der Waals surface area contributed by atoms with Gasteiger partial charge in [0, 0.05) is 11.6 Å². The summed E-state index contributed by atoms with van der Waals surface area (Å²) in [5.41, 5.74) is 1.44. The largest absolute Gasteiger partial charge is 0.494 e. The average Bonchev–Trinajstić information content (AvgIpc) is 2.28. The monoisotopic (exact) mass is 198 g/mol. The molecule has 15 heavy (non-hydrogen) atoms. The number of benzene rings is 1. The molecule has 74 valence electrons. The standard InChI is InChI=1S/C12H10N2O/c1-2-15-11-3-4-12-10(6-11)5-9(7-13)8-14-12/h3-6,8H,2H2,1H3. The molecule has 0 radical (unpaired) electrons. The third-order valence-corrected chi connectivity index (χ3v) is 2.09. The molecule has 0 saturated heterocycles. The van der Waals surface area contributed by atoms with Crippen LogP contribution in [0.3, 0.4) is 0 Å². The van der Waals surface area contributed by atoms with Crippen molar-refractivity contribution in [1.29, 1.82) is 5.26 Å². The Balaban J connectivity index is 2.54. The fourth-order valence-electron chi connectivity index (χ4n) is 1.43. The van der Waals surface area contributed by atoms with E-state index in [0.29, 0.717) is 12.2 Å². The Labute approximate surface area is 87.9 Å². The predicted molar refractivity (Wildman–Crippen MR) is 57.6 cm³/mol. The van der Waals surface area contributed by atoms with Gasteiger partial charge in [0.25, 0.3) is 0 Å². The Morgan fingerprint density at radius 1 is 1.40 bits per heavy atom. The normalized spacial score (nSPS) is 9.87. The first-order valence-corrected chi connectivity index (χ1v) is 4.76. The second kappa shape index (κ2) is 3.97. The third kappa shape index (κ3) is 1.89. The summed E-state index contributed by atoms with van der Waals surface area (Å²) in [6.45, 7) is 2.57. The lowest BCUT2D eigenvalue weighted by Crippen LogP contribution is -1.91. The number of rotatable bonds is 2. The fraction of sp³-hybridized carbons (Fsp3) is 0.167. The minimum Gasteiger partial charge on any atom is -0.494 e. The fourth-order valence-corrected chi connectivity index (χ4v) is 1.43. The average molecular weight is 198 g/mol. The maximum Gasteiger partial charge on any atom is 0.120 e. The van der Waals surface area contributed by atoms with E-state index < -0.39 is 0 Å². The third-order valence-electron chi connectivity index (χ3n) is 2.09. The van der Waals surface area contributed by atoms with Crippen LogP contribution in [-0.4, -0.2) is 11.6 Å². The molecule has 2 rings (SSSR count). The molecule has 0 atom stereocenters. The number of hydrogen-bond acceptors (Lipinski definition) is 3. The Kier molecular flexibility index (Phi) is 2.51. The Morgan fingerprint density at radius 2 is 2.27 bits per heavy atom. The minimum absolute atomic E-state index is 0.566. The molecule has 0 aliphatic rings. The lowest BCUT2D eigenvalue weighted by atomic mass is 10.1. The zero-order chi connectivity index (χ0) is 10.7. The molecule has 3 heteroatoms. The van der Waals surface area contributed by atoms with Gasteiger partial charge in [-0.2, -0.15) is 5.26 Å². The molecule has 0 bridgehead atoms. The summed E-state index contributed by atoms with van der Waals surface area (Å²) in [6.07, 6.45) is 1.57. The molecule has 0 spiro atoms. The molecule has 0 aliphatic heterocycles. The van der Waals surface area contributed by atoms with E-state index in [1.807, 2.05) is 31.2 Å². The van der Waals surface area contributed by atoms with Gasteiger partial charge in [-0.3, -0.25) is 4.98 Å². The van der Waals surface area contributed by atoms with Gasteiger partial charge in [-0.1, -0.05) is 0 Å². The van der Waals surface area contributed by atoms with E-state index in [1.165, 1.54) is 0 Å². The first-order chi connectivity index (χ1) is 7.33. The number of hydrogen-bond donors (Lipinski definition) is 0. The van der Waals surface area contributed by atoms with Gasteiger partial charge in [-0.05, 0) is 31.2 Å². The van der Waals surface area contributed by atoms with Crippen LogP contribution < -0.4 is 4.74 Å². The number of fused-ring (bicyclic) bond motifs is 1. The number of nitriles is 1. The van der Waals surface area contributed by atoms with E-state index in [2.05, 4.69) is 11.1 Å². The SMILES string of the molecule is CCOc1ccc2ncc(C#N)cc2c1. The van der Waals surface area contributed by atoms with Gasteiger partial charge in [0.2, 0.25) is 0 Å². The second-order valence-corrected chi connectivity index (χ2v) is 3.12. The van der Waals surface area contributed by atoms with Crippen molar-refractivity contribution in [3.05, 3.63) is 36.0 Å². The summed E-state index contributed by atoms with van der Waals surface area (Å²) in [4.78, 5) is 4.18. The van der Waals surface area contributed by atoms with Crippen LogP contribution in [-0.2, 0) is 0 Å². The smallest absolute Gasteiger partial charge is 0.120 e. The molecule has 0 unspecified atom stereocenters. The predicted octanol–water partition coefficient (Wildman–Crippen LogP) is 2.51. The molecule has 0 fully saturated rings. The quantitative estimate of drug-likeness (QED) is 0.744. The van der Waals surface area contributed by atoms with Crippen molar-refractivity contribution in [1.82, 2.24) is 4.98 Å². The van der Waals surface area contributed by atoms with Crippen molar-refractivity contribution in [2.75, 3.05) is 6.61 Å². The van der Waals surface area contributed by atoms with Crippen molar-refractivity contribution < 1.29 is 4.74 Å². The van der Waals surface area contributed by atoms with Gasteiger partial charge in [0.15, 0.2) is 0 Å². The Bertz CT molecular complexity index is 529. The summed E-state index contributed by atoms with van der Waals surface area (Å²) in [5.74, 6) is 0.807. The van der Waals surface area contributed by atoms with E-state index in [1.54, 1.807) is 6.20 Å². The lowest BCUT2D eigenvalue weighted by molar-refractivity contribution is 0.340. The molecular formula is C12H10N2O. The van der Waals surface area contributed by atoms with Crippen molar-refractivity contribution in [3.63, 3.8) is 0 Å². The molecule has 0 amide bonds. The summed E-state index contributed by atoms with van der Waals surface area (Å²) >= 11 is 0. The second-order valence-electron chi connectivity index (χ2n) is 3.12. The van der Waals surface area contributed by atoms with Crippen molar-refractivity contribution >= 4 is 10.9 Å². The highest BCUT2D eigenvalue weighted by molar-refractivity contribution is 5.81. The first kappa shape index (κ1) is 9.47. The van der Waals surface area contributed by atoms with Gasteiger partial charge >= 0.3 is 0 Å². The van der Waals surface area contributed by atoms with E-state index in [4.69, 9.17) is 10.00 Å². The van der Waals surface area contributed by atoms with Gasteiger partial charge in [-0.15, -0.1) is 0 Å². The minimum atomic E-state index is 0.566. The van der Waals surface area contributed by atoms with Crippen LogP contribution in [0, 0.1) is 11.3 Å². The maximum atomic E-state index is 8.75. The van der Waals surface area contributed by atoms with Crippen LogP contribution in [0.25, 0.3) is 10.9 Å². The number of aromatic nitrogens is 1. The molecule has 1 aromatic carbocycles. The lowest BCUT2D eigenvalue weighted by Gasteiger charge is -2.03. The van der Waals surface area contributed by atoms with Crippen molar-refractivity contribution in [2.24, 2.45) is 0 Å². The Morgan fingerprint density at radius 3 is 3.00 bits per heavy atom. The van der Waals surface area contributed by atoms with Gasteiger partial charge < -0.3 is 4.74 Å².